The van der Waals surface area contributed by atoms with Crippen molar-refractivity contribution in [3.05, 3.63) is 151 Å². The van der Waals surface area contributed by atoms with E-state index in [4.69, 9.17) is 0 Å². The van der Waals surface area contributed by atoms with Gasteiger partial charge in [0.05, 0.1) is 0 Å². The van der Waals surface area contributed by atoms with Gasteiger partial charge in [0.2, 0.25) is 0 Å². The second-order valence-corrected chi connectivity index (χ2v) is 11.6. The van der Waals surface area contributed by atoms with Crippen LogP contribution < -0.4 is 4.90 Å². The molecule has 208 valence electrons. The highest BCUT2D eigenvalue weighted by Crippen LogP contribution is 2.48. The fourth-order valence-electron chi connectivity index (χ4n) is 6.52. The number of anilines is 2. The standard InChI is InChI=1S/C41H39N/c1-6-9-12-25-42(34-22-24-37-32(27-34)20-19-29-15-10-11-18-36(29)37)33-17-13-16-30(26-33)31-21-23-38-35(8-3)39(14-7-2)41(4,5)40(38)28-31/h7-24,26-28H,3,6,25H2,1-2,4-5H3/b12-9-,14-7-. The van der Waals surface area contributed by atoms with Crippen molar-refractivity contribution in [2.24, 2.45) is 0 Å². The molecule has 0 unspecified atom stereocenters. The molecule has 0 N–H and O–H groups in total. The minimum Gasteiger partial charge on any atom is -0.338 e. The Labute approximate surface area is 250 Å². The van der Waals surface area contributed by atoms with Crippen LogP contribution in [0.25, 0.3) is 38.2 Å². The molecule has 42 heavy (non-hydrogen) atoms. The van der Waals surface area contributed by atoms with Gasteiger partial charge in [-0.2, -0.15) is 0 Å². The van der Waals surface area contributed by atoms with E-state index in [1.54, 1.807) is 0 Å². The topological polar surface area (TPSA) is 3.24 Å². The Morgan fingerprint density at radius 2 is 1.50 bits per heavy atom. The summed E-state index contributed by atoms with van der Waals surface area (Å²) in [6.45, 7) is 13.9. The molecule has 1 heteroatoms. The molecule has 5 aromatic carbocycles. The van der Waals surface area contributed by atoms with Gasteiger partial charge in [-0.05, 0) is 98.6 Å². The van der Waals surface area contributed by atoms with Crippen molar-refractivity contribution in [3.63, 3.8) is 0 Å². The fraction of sp³-hybridized carbons (Fsp3) is 0.171. The number of hydrogen-bond donors (Lipinski definition) is 0. The lowest BCUT2D eigenvalue weighted by Crippen LogP contribution is -2.17. The fourth-order valence-corrected chi connectivity index (χ4v) is 6.52. The van der Waals surface area contributed by atoms with E-state index in [1.165, 1.54) is 66.3 Å². The molecule has 0 amide bonds. The summed E-state index contributed by atoms with van der Waals surface area (Å²) in [6, 6.07) is 35.9. The van der Waals surface area contributed by atoms with Crippen LogP contribution in [0.4, 0.5) is 11.4 Å². The van der Waals surface area contributed by atoms with Crippen molar-refractivity contribution in [3.8, 4) is 11.1 Å². The van der Waals surface area contributed by atoms with Gasteiger partial charge in [0.25, 0.3) is 0 Å². The molecule has 5 aromatic rings. The Morgan fingerprint density at radius 3 is 2.31 bits per heavy atom. The molecule has 0 heterocycles. The molecule has 0 fully saturated rings. The Hall–Kier alpha value is -4.62. The van der Waals surface area contributed by atoms with Crippen LogP contribution in [-0.2, 0) is 5.41 Å². The number of fused-ring (bicyclic) bond motifs is 4. The number of benzene rings is 5. The maximum absolute atomic E-state index is 4.14. The Kier molecular flexibility index (Phi) is 7.43. The zero-order valence-electron chi connectivity index (χ0n) is 25.2. The molecule has 0 saturated carbocycles. The van der Waals surface area contributed by atoms with E-state index >= 15 is 0 Å². The van der Waals surface area contributed by atoms with Crippen LogP contribution in [0.5, 0.6) is 0 Å². The quantitative estimate of drug-likeness (QED) is 0.138. The molecule has 0 spiro atoms. The summed E-state index contributed by atoms with van der Waals surface area (Å²) in [7, 11) is 0. The summed E-state index contributed by atoms with van der Waals surface area (Å²) < 4.78 is 0. The van der Waals surface area contributed by atoms with Crippen molar-refractivity contribution < 1.29 is 0 Å². The highest BCUT2D eigenvalue weighted by atomic mass is 15.1. The predicted octanol–water partition coefficient (Wildman–Crippen LogP) is 11.6. The number of allylic oxidation sites excluding steroid dienone is 6. The van der Waals surface area contributed by atoms with E-state index in [1.807, 2.05) is 6.08 Å². The molecule has 1 aliphatic carbocycles. The zero-order chi connectivity index (χ0) is 29.3. The van der Waals surface area contributed by atoms with Gasteiger partial charge >= 0.3 is 0 Å². The minimum absolute atomic E-state index is 0.0781. The van der Waals surface area contributed by atoms with Crippen molar-refractivity contribution in [2.45, 2.75) is 39.5 Å². The lowest BCUT2D eigenvalue weighted by atomic mass is 9.80. The number of rotatable bonds is 8. The Balaban J connectivity index is 1.41. The molecule has 1 aliphatic rings. The Morgan fingerprint density at radius 1 is 0.738 bits per heavy atom. The molecule has 0 saturated heterocycles. The lowest BCUT2D eigenvalue weighted by molar-refractivity contribution is 0.654. The summed E-state index contributed by atoms with van der Waals surface area (Å²) in [5.41, 5.74) is 9.99. The maximum Gasteiger partial charge on any atom is 0.0420 e. The first-order valence-electron chi connectivity index (χ1n) is 15.1. The summed E-state index contributed by atoms with van der Waals surface area (Å²) in [5, 5.41) is 5.13. The van der Waals surface area contributed by atoms with E-state index in [2.05, 4.69) is 161 Å². The van der Waals surface area contributed by atoms with Crippen LogP contribution in [0.2, 0.25) is 0 Å². The van der Waals surface area contributed by atoms with E-state index in [0.29, 0.717) is 0 Å². The molecule has 0 radical (unpaired) electrons. The van der Waals surface area contributed by atoms with Gasteiger partial charge in [0.15, 0.2) is 0 Å². The second-order valence-electron chi connectivity index (χ2n) is 11.6. The van der Waals surface area contributed by atoms with Gasteiger partial charge < -0.3 is 4.90 Å². The average Bonchev–Trinajstić information content (AvgIpc) is 3.24. The molecule has 0 aliphatic heterocycles. The molecular formula is C41H39N. The van der Waals surface area contributed by atoms with Crippen LogP contribution in [0, 0.1) is 0 Å². The van der Waals surface area contributed by atoms with Gasteiger partial charge in [0, 0.05) is 23.3 Å². The highest BCUT2D eigenvalue weighted by molar-refractivity contribution is 6.08. The first-order valence-corrected chi connectivity index (χ1v) is 15.1. The van der Waals surface area contributed by atoms with Gasteiger partial charge in [-0.15, -0.1) is 0 Å². The molecule has 0 aromatic heterocycles. The third-order valence-electron chi connectivity index (χ3n) is 8.71. The summed E-state index contributed by atoms with van der Waals surface area (Å²) in [4.78, 5) is 2.42. The molecule has 0 bridgehead atoms. The third-order valence-corrected chi connectivity index (χ3v) is 8.71. The summed E-state index contributed by atoms with van der Waals surface area (Å²) in [5.74, 6) is 0. The van der Waals surface area contributed by atoms with E-state index in [-0.39, 0.29) is 5.41 Å². The van der Waals surface area contributed by atoms with Gasteiger partial charge in [-0.25, -0.2) is 0 Å². The SMILES string of the molecule is C=CC1=C(/C=C\C)C(C)(C)c2cc(-c3cccc(N(C/C=C\CC)c4ccc5c(ccc6ccccc65)c4)c3)ccc21. The molecule has 1 nitrogen and oxygen atoms in total. The maximum atomic E-state index is 4.14. The first kappa shape index (κ1) is 27.5. The predicted molar refractivity (Wildman–Crippen MR) is 185 cm³/mol. The third kappa shape index (κ3) is 4.80. The summed E-state index contributed by atoms with van der Waals surface area (Å²) in [6.07, 6.45) is 11.9. The van der Waals surface area contributed by atoms with Crippen molar-refractivity contribution in [2.75, 3.05) is 11.4 Å². The van der Waals surface area contributed by atoms with Crippen LogP contribution >= 0.6 is 0 Å². The molecular weight excluding hydrogens is 506 g/mol. The van der Waals surface area contributed by atoms with E-state index in [0.717, 1.165) is 13.0 Å². The van der Waals surface area contributed by atoms with E-state index < -0.39 is 0 Å². The second kappa shape index (κ2) is 11.3. The van der Waals surface area contributed by atoms with Crippen LogP contribution in [0.15, 0.2) is 140 Å². The van der Waals surface area contributed by atoms with Gasteiger partial charge in [-0.3, -0.25) is 0 Å². The number of hydrogen-bond acceptors (Lipinski definition) is 1. The largest absolute Gasteiger partial charge is 0.338 e. The van der Waals surface area contributed by atoms with Crippen molar-refractivity contribution in [1.29, 1.82) is 0 Å². The monoisotopic (exact) mass is 545 g/mol. The molecule has 6 rings (SSSR count). The normalized spacial score (nSPS) is 14.4. The van der Waals surface area contributed by atoms with E-state index in [9.17, 15) is 0 Å². The number of nitrogens with zero attached hydrogens (tertiary/aromatic N) is 1. The van der Waals surface area contributed by atoms with Crippen molar-refractivity contribution >= 4 is 38.5 Å². The molecule has 0 atom stereocenters. The first-order chi connectivity index (χ1) is 20.5. The van der Waals surface area contributed by atoms with Crippen LogP contribution in [0.3, 0.4) is 0 Å². The smallest absolute Gasteiger partial charge is 0.0420 e. The van der Waals surface area contributed by atoms with Crippen molar-refractivity contribution in [1.82, 2.24) is 0 Å². The zero-order valence-corrected chi connectivity index (χ0v) is 25.2. The van der Waals surface area contributed by atoms with Gasteiger partial charge in [0.1, 0.15) is 0 Å². The average molecular weight is 546 g/mol. The summed E-state index contributed by atoms with van der Waals surface area (Å²) >= 11 is 0. The van der Waals surface area contributed by atoms with Crippen LogP contribution in [0.1, 0.15) is 45.2 Å². The minimum atomic E-state index is -0.0781. The highest BCUT2D eigenvalue weighted by Gasteiger charge is 2.35. The van der Waals surface area contributed by atoms with Crippen LogP contribution in [-0.4, -0.2) is 6.54 Å². The Bertz CT molecular complexity index is 1900. The lowest BCUT2D eigenvalue weighted by Gasteiger charge is -2.25. The van der Waals surface area contributed by atoms with Gasteiger partial charge in [-0.1, -0.05) is 124 Å².